The van der Waals surface area contributed by atoms with E-state index in [9.17, 15) is 18.0 Å². The second-order valence-corrected chi connectivity index (χ2v) is 5.55. The summed E-state index contributed by atoms with van der Waals surface area (Å²) in [6, 6.07) is 0.656. The van der Waals surface area contributed by atoms with E-state index in [1.54, 1.807) is 0 Å². The zero-order valence-corrected chi connectivity index (χ0v) is 11.4. The SMILES string of the molecule is CC(C)CN1C(=O)CC(N)C1c1cc(F)c(F)c(F)c1. The number of amides is 1. The molecule has 0 bridgehead atoms. The lowest BCUT2D eigenvalue weighted by atomic mass is 9.99. The number of nitrogens with zero attached hydrogens (tertiary/aromatic N) is 1. The lowest BCUT2D eigenvalue weighted by molar-refractivity contribution is -0.129. The van der Waals surface area contributed by atoms with Crippen molar-refractivity contribution >= 4 is 5.91 Å². The van der Waals surface area contributed by atoms with Crippen LogP contribution in [0.1, 0.15) is 31.9 Å². The first-order valence-corrected chi connectivity index (χ1v) is 6.50. The third kappa shape index (κ3) is 2.65. The van der Waals surface area contributed by atoms with Gasteiger partial charge in [0, 0.05) is 19.0 Å². The fourth-order valence-corrected chi connectivity index (χ4v) is 2.60. The van der Waals surface area contributed by atoms with E-state index in [-0.39, 0.29) is 23.8 Å². The molecule has 1 amide bonds. The van der Waals surface area contributed by atoms with Crippen molar-refractivity contribution in [2.24, 2.45) is 11.7 Å². The average molecular weight is 286 g/mol. The summed E-state index contributed by atoms with van der Waals surface area (Å²) in [5.41, 5.74) is 6.10. The standard InChI is InChI=1S/C14H17F3N2O/c1-7(2)6-19-12(20)5-11(18)14(19)8-3-9(15)13(17)10(16)4-8/h3-4,7,11,14H,5-6,18H2,1-2H3. The molecule has 110 valence electrons. The van der Waals surface area contributed by atoms with Crippen LogP contribution in [0.5, 0.6) is 0 Å². The Balaban J connectivity index is 2.40. The molecular weight excluding hydrogens is 269 g/mol. The molecule has 3 nitrogen and oxygen atoms in total. The van der Waals surface area contributed by atoms with E-state index in [4.69, 9.17) is 5.73 Å². The average Bonchev–Trinajstić information content (AvgIpc) is 2.60. The maximum atomic E-state index is 13.3. The summed E-state index contributed by atoms with van der Waals surface area (Å²) < 4.78 is 39.7. The minimum Gasteiger partial charge on any atom is -0.334 e. The van der Waals surface area contributed by atoms with Crippen molar-refractivity contribution in [3.05, 3.63) is 35.1 Å². The molecule has 6 heteroatoms. The maximum Gasteiger partial charge on any atom is 0.224 e. The smallest absolute Gasteiger partial charge is 0.224 e. The van der Waals surface area contributed by atoms with E-state index in [0.29, 0.717) is 6.54 Å². The van der Waals surface area contributed by atoms with Crippen molar-refractivity contribution in [1.29, 1.82) is 0 Å². The molecule has 20 heavy (non-hydrogen) atoms. The van der Waals surface area contributed by atoms with Gasteiger partial charge in [-0.1, -0.05) is 13.8 Å². The van der Waals surface area contributed by atoms with E-state index in [0.717, 1.165) is 12.1 Å². The molecule has 1 aliphatic heterocycles. The summed E-state index contributed by atoms with van der Waals surface area (Å²) in [6.07, 6.45) is 0.123. The monoisotopic (exact) mass is 286 g/mol. The molecule has 0 saturated carbocycles. The number of likely N-dealkylation sites (tertiary alicyclic amines) is 1. The number of hydrogen-bond acceptors (Lipinski definition) is 2. The first kappa shape index (κ1) is 14.8. The number of rotatable bonds is 3. The number of benzene rings is 1. The molecule has 2 N–H and O–H groups in total. The minimum absolute atomic E-state index is 0.123. The van der Waals surface area contributed by atoms with Crippen LogP contribution < -0.4 is 5.73 Å². The van der Waals surface area contributed by atoms with Gasteiger partial charge in [-0.25, -0.2) is 13.2 Å². The molecule has 0 aromatic heterocycles. The summed E-state index contributed by atoms with van der Waals surface area (Å²) in [5, 5.41) is 0. The molecule has 0 aliphatic carbocycles. The summed E-state index contributed by atoms with van der Waals surface area (Å²) >= 11 is 0. The lowest BCUT2D eigenvalue weighted by Gasteiger charge is -2.28. The topological polar surface area (TPSA) is 46.3 Å². The van der Waals surface area contributed by atoms with Gasteiger partial charge in [0.25, 0.3) is 0 Å². The molecule has 1 aromatic carbocycles. The maximum absolute atomic E-state index is 13.3. The number of halogens is 3. The number of hydrogen-bond donors (Lipinski definition) is 1. The highest BCUT2D eigenvalue weighted by molar-refractivity contribution is 5.80. The number of carbonyl (C=O) groups excluding carboxylic acids is 1. The van der Waals surface area contributed by atoms with E-state index >= 15 is 0 Å². The van der Waals surface area contributed by atoms with Crippen molar-refractivity contribution in [3.63, 3.8) is 0 Å². The van der Waals surface area contributed by atoms with Crippen LogP contribution >= 0.6 is 0 Å². The summed E-state index contributed by atoms with van der Waals surface area (Å²) in [7, 11) is 0. The number of carbonyl (C=O) groups is 1. The Bertz CT molecular complexity index is 510. The van der Waals surface area contributed by atoms with Crippen molar-refractivity contribution in [2.45, 2.75) is 32.4 Å². The van der Waals surface area contributed by atoms with Gasteiger partial charge in [0.2, 0.25) is 5.91 Å². The van der Waals surface area contributed by atoms with Crippen LogP contribution in [0.15, 0.2) is 12.1 Å². The molecule has 2 unspecified atom stereocenters. The molecule has 1 fully saturated rings. The van der Waals surface area contributed by atoms with Gasteiger partial charge in [0.1, 0.15) is 0 Å². The zero-order chi connectivity index (χ0) is 15.0. The van der Waals surface area contributed by atoms with E-state index in [2.05, 4.69) is 0 Å². The summed E-state index contributed by atoms with van der Waals surface area (Å²) in [5.74, 6) is -4.00. The van der Waals surface area contributed by atoms with Crippen LogP contribution in [-0.4, -0.2) is 23.4 Å². The normalized spacial score (nSPS) is 22.9. The van der Waals surface area contributed by atoms with Crippen molar-refractivity contribution < 1.29 is 18.0 Å². The van der Waals surface area contributed by atoms with Crippen LogP contribution in [0.3, 0.4) is 0 Å². The summed E-state index contributed by atoms with van der Waals surface area (Å²) in [6.45, 7) is 4.30. The van der Waals surface area contributed by atoms with E-state index < -0.39 is 29.5 Å². The van der Waals surface area contributed by atoms with Gasteiger partial charge in [-0.05, 0) is 23.6 Å². The highest BCUT2D eigenvalue weighted by Gasteiger charge is 2.39. The molecule has 2 atom stereocenters. The van der Waals surface area contributed by atoms with E-state index in [1.807, 2.05) is 13.8 Å². The van der Waals surface area contributed by atoms with Gasteiger partial charge >= 0.3 is 0 Å². The molecule has 0 radical (unpaired) electrons. The first-order chi connectivity index (χ1) is 9.31. The Labute approximate surface area is 115 Å². The van der Waals surface area contributed by atoms with Crippen LogP contribution in [0, 0.1) is 23.4 Å². The van der Waals surface area contributed by atoms with Crippen molar-refractivity contribution in [1.82, 2.24) is 4.90 Å². The predicted molar refractivity (Wildman–Crippen MR) is 68.2 cm³/mol. The predicted octanol–water partition coefficient (Wildman–Crippen LogP) is 2.36. The Morgan fingerprint density at radius 3 is 2.35 bits per heavy atom. The highest BCUT2D eigenvalue weighted by Crippen LogP contribution is 2.33. The zero-order valence-electron chi connectivity index (χ0n) is 11.4. The second kappa shape index (κ2) is 5.44. The molecule has 1 heterocycles. The Morgan fingerprint density at radius 1 is 1.30 bits per heavy atom. The lowest BCUT2D eigenvalue weighted by Crippen LogP contribution is -2.35. The quantitative estimate of drug-likeness (QED) is 0.867. The fourth-order valence-electron chi connectivity index (χ4n) is 2.60. The minimum atomic E-state index is -1.51. The van der Waals surface area contributed by atoms with Crippen LogP contribution in [0.25, 0.3) is 0 Å². The molecule has 0 spiro atoms. The second-order valence-electron chi connectivity index (χ2n) is 5.55. The van der Waals surface area contributed by atoms with Crippen LogP contribution in [0.2, 0.25) is 0 Å². The Morgan fingerprint density at radius 2 is 1.85 bits per heavy atom. The third-order valence-corrected chi connectivity index (χ3v) is 3.38. The molecule has 1 aliphatic rings. The van der Waals surface area contributed by atoms with Gasteiger partial charge < -0.3 is 10.6 Å². The van der Waals surface area contributed by atoms with Gasteiger partial charge in [-0.15, -0.1) is 0 Å². The Hall–Kier alpha value is -1.56. The molecule has 1 saturated heterocycles. The fraction of sp³-hybridized carbons (Fsp3) is 0.500. The van der Waals surface area contributed by atoms with Crippen LogP contribution in [-0.2, 0) is 4.79 Å². The third-order valence-electron chi connectivity index (χ3n) is 3.38. The molecule has 2 rings (SSSR count). The van der Waals surface area contributed by atoms with Crippen molar-refractivity contribution in [2.75, 3.05) is 6.54 Å². The van der Waals surface area contributed by atoms with Gasteiger partial charge in [-0.3, -0.25) is 4.79 Å². The first-order valence-electron chi connectivity index (χ1n) is 6.50. The van der Waals surface area contributed by atoms with E-state index in [1.165, 1.54) is 4.90 Å². The highest BCUT2D eigenvalue weighted by atomic mass is 19.2. The molecule has 1 aromatic rings. The van der Waals surface area contributed by atoms with Gasteiger partial charge in [0.15, 0.2) is 17.5 Å². The van der Waals surface area contributed by atoms with Crippen LogP contribution in [0.4, 0.5) is 13.2 Å². The Kier molecular flexibility index (Phi) is 4.04. The van der Waals surface area contributed by atoms with Crippen molar-refractivity contribution in [3.8, 4) is 0 Å². The summed E-state index contributed by atoms with van der Waals surface area (Å²) in [4.78, 5) is 13.4. The largest absolute Gasteiger partial charge is 0.334 e. The van der Waals surface area contributed by atoms with Gasteiger partial charge in [-0.2, -0.15) is 0 Å². The number of nitrogens with two attached hydrogens (primary N) is 1. The molecular formula is C14H17F3N2O. The van der Waals surface area contributed by atoms with Gasteiger partial charge in [0.05, 0.1) is 6.04 Å².